The number of benzene rings is 2. The average molecular weight is 301 g/mol. The molecule has 0 bridgehead atoms. The van der Waals surface area contributed by atoms with E-state index in [1.807, 2.05) is 47.0 Å². The summed E-state index contributed by atoms with van der Waals surface area (Å²) in [5.41, 5.74) is 0.399. The van der Waals surface area contributed by atoms with Crippen LogP contribution >= 0.6 is 11.8 Å². The first-order valence-electron chi connectivity index (χ1n) is 7.12. The molecule has 1 fully saturated rings. The van der Waals surface area contributed by atoms with Crippen molar-refractivity contribution in [3.8, 4) is 5.75 Å². The molecule has 21 heavy (non-hydrogen) atoms. The number of fused-ring (bicyclic) bond motifs is 1. The van der Waals surface area contributed by atoms with Gasteiger partial charge in [-0.1, -0.05) is 30.3 Å². The van der Waals surface area contributed by atoms with Gasteiger partial charge in [0.15, 0.2) is 0 Å². The number of thioether (sulfide) groups is 1. The number of hydrogen-bond donors (Lipinski definition) is 1. The maximum atomic E-state index is 12.7. The first-order chi connectivity index (χ1) is 9.98. The molecule has 1 amide bonds. The van der Waals surface area contributed by atoms with Crippen molar-refractivity contribution in [2.45, 2.75) is 18.6 Å². The number of carbonyl (C=O) groups is 1. The zero-order valence-corrected chi connectivity index (χ0v) is 13.1. The smallest absolute Gasteiger partial charge is 0.257 e. The van der Waals surface area contributed by atoms with Gasteiger partial charge in [0.2, 0.25) is 0 Å². The molecule has 2 aromatic rings. The standard InChI is InChI=1S/C17H19NO2S/c1-17(2)11-18(9-10-21-17)16(20)14-8-7-12-5-3-4-6-13(12)15(14)19/h3-8,19H,9-11H2,1-2H3. The summed E-state index contributed by atoms with van der Waals surface area (Å²) < 4.78 is 0.0698. The second-order valence-electron chi connectivity index (χ2n) is 6.02. The fraction of sp³-hybridized carbons (Fsp3) is 0.353. The molecule has 0 spiro atoms. The molecule has 1 aliphatic heterocycles. The highest BCUT2D eigenvalue weighted by Crippen LogP contribution is 2.33. The number of rotatable bonds is 1. The highest BCUT2D eigenvalue weighted by atomic mass is 32.2. The lowest BCUT2D eigenvalue weighted by molar-refractivity contribution is 0.0745. The van der Waals surface area contributed by atoms with Gasteiger partial charge in [-0.3, -0.25) is 4.79 Å². The van der Waals surface area contributed by atoms with Crippen molar-refractivity contribution < 1.29 is 9.90 Å². The zero-order chi connectivity index (χ0) is 15.0. The first-order valence-corrected chi connectivity index (χ1v) is 8.10. The number of aromatic hydroxyl groups is 1. The molecule has 0 unspecified atom stereocenters. The third-order valence-electron chi connectivity index (χ3n) is 3.84. The number of nitrogens with zero attached hydrogens (tertiary/aromatic N) is 1. The largest absolute Gasteiger partial charge is 0.506 e. The Hall–Kier alpha value is -1.68. The summed E-state index contributed by atoms with van der Waals surface area (Å²) in [5.74, 6) is 0.952. The Morgan fingerprint density at radius 2 is 2.00 bits per heavy atom. The third kappa shape index (κ3) is 2.72. The molecule has 3 rings (SSSR count). The zero-order valence-electron chi connectivity index (χ0n) is 12.3. The Labute approximate surface area is 129 Å². The van der Waals surface area contributed by atoms with E-state index in [1.54, 1.807) is 6.07 Å². The predicted octanol–water partition coefficient (Wildman–Crippen LogP) is 3.51. The highest BCUT2D eigenvalue weighted by molar-refractivity contribution is 8.00. The van der Waals surface area contributed by atoms with Gasteiger partial charge in [-0.15, -0.1) is 0 Å². The summed E-state index contributed by atoms with van der Waals surface area (Å²) >= 11 is 1.89. The van der Waals surface area contributed by atoms with E-state index in [2.05, 4.69) is 13.8 Å². The van der Waals surface area contributed by atoms with Crippen LogP contribution in [0.3, 0.4) is 0 Å². The molecule has 0 radical (unpaired) electrons. The van der Waals surface area contributed by atoms with E-state index in [4.69, 9.17) is 0 Å². The van der Waals surface area contributed by atoms with Crippen molar-refractivity contribution in [3.05, 3.63) is 42.0 Å². The quantitative estimate of drug-likeness (QED) is 0.876. The van der Waals surface area contributed by atoms with Gasteiger partial charge in [-0.2, -0.15) is 11.8 Å². The Bertz CT molecular complexity index is 696. The lowest BCUT2D eigenvalue weighted by Gasteiger charge is -2.37. The minimum Gasteiger partial charge on any atom is -0.506 e. The van der Waals surface area contributed by atoms with Gasteiger partial charge in [-0.05, 0) is 25.3 Å². The minimum atomic E-state index is -0.0772. The van der Waals surface area contributed by atoms with E-state index in [9.17, 15) is 9.90 Å². The Morgan fingerprint density at radius 3 is 2.76 bits per heavy atom. The van der Waals surface area contributed by atoms with Crippen molar-refractivity contribution in [1.29, 1.82) is 0 Å². The van der Waals surface area contributed by atoms with Gasteiger partial charge in [-0.25, -0.2) is 0 Å². The Kier molecular flexibility index (Phi) is 3.57. The topological polar surface area (TPSA) is 40.5 Å². The van der Waals surface area contributed by atoms with Gasteiger partial charge in [0, 0.05) is 29.0 Å². The molecule has 3 nitrogen and oxygen atoms in total. The van der Waals surface area contributed by atoms with Crippen molar-refractivity contribution in [1.82, 2.24) is 4.90 Å². The second kappa shape index (κ2) is 5.26. The van der Waals surface area contributed by atoms with Crippen LogP contribution in [0.15, 0.2) is 36.4 Å². The number of phenols is 1. The average Bonchev–Trinajstić information content (AvgIpc) is 2.46. The van der Waals surface area contributed by atoms with Gasteiger partial charge < -0.3 is 10.0 Å². The highest BCUT2D eigenvalue weighted by Gasteiger charge is 2.31. The van der Waals surface area contributed by atoms with Crippen molar-refractivity contribution in [3.63, 3.8) is 0 Å². The van der Waals surface area contributed by atoms with E-state index in [1.165, 1.54) is 0 Å². The summed E-state index contributed by atoms with van der Waals surface area (Å²) in [5, 5.41) is 12.1. The van der Waals surface area contributed by atoms with Crippen LogP contribution in [0.1, 0.15) is 24.2 Å². The van der Waals surface area contributed by atoms with Crippen LogP contribution in [-0.4, -0.2) is 39.5 Å². The normalized spacial score (nSPS) is 17.9. The van der Waals surface area contributed by atoms with E-state index < -0.39 is 0 Å². The minimum absolute atomic E-state index is 0.0698. The Morgan fingerprint density at radius 1 is 1.24 bits per heavy atom. The van der Waals surface area contributed by atoms with Crippen LogP contribution < -0.4 is 0 Å². The van der Waals surface area contributed by atoms with Crippen molar-refractivity contribution in [2.24, 2.45) is 0 Å². The number of amides is 1. The number of phenolic OH excluding ortho intramolecular Hbond substituents is 1. The fourth-order valence-corrected chi connectivity index (χ4v) is 3.90. The SMILES string of the molecule is CC1(C)CN(C(=O)c2ccc3ccccc3c2O)CCS1. The predicted molar refractivity (Wildman–Crippen MR) is 88.1 cm³/mol. The molecule has 1 saturated heterocycles. The second-order valence-corrected chi connectivity index (χ2v) is 7.82. The van der Waals surface area contributed by atoms with Crippen molar-refractivity contribution in [2.75, 3.05) is 18.8 Å². The molecular formula is C17H19NO2S. The third-order valence-corrected chi connectivity index (χ3v) is 5.14. The van der Waals surface area contributed by atoms with Crippen LogP contribution in [-0.2, 0) is 0 Å². The van der Waals surface area contributed by atoms with E-state index >= 15 is 0 Å². The molecular weight excluding hydrogens is 282 g/mol. The maximum Gasteiger partial charge on any atom is 0.257 e. The summed E-state index contributed by atoms with van der Waals surface area (Å²) in [6.07, 6.45) is 0. The van der Waals surface area contributed by atoms with Crippen LogP contribution in [0, 0.1) is 0 Å². The fourth-order valence-electron chi connectivity index (χ4n) is 2.79. The number of carbonyl (C=O) groups excluding carboxylic acids is 1. The summed E-state index contributed by atoms with van der Waals surface area (Å²) in [7, 11) is 0. The summed E-state index contributed by atoms with van der Waals surface area (Å²) in [4.78, 5) is 14.6. The molecule has 1 aliphatic rings. The van der Waals surface area contributed by atoms with Crippen LogP contribution in [0.4, 0.5) is 0 Å². The van der Waals surface area contributed by atoms with Gasteiger partial charge >= 0.3 is 0 Å². The molecule has 0 saturated carbocycles. The monoisotopic (exact) mass is 301 g/mol. The van der Waals surface area contributed by atoms with E-state index in [0.29, 0.717) is 12.1 Å². The van der Waals surface area contributed by atoms with Gasteiger partial charge in [0.1, 0.15) is 5.75 Å². The van der Waals surface area contributed by atoms with Crippen LogP contribution in [0.25, 0.3) is 10.8 Å². The molecule has 0 atom stereocenters. The summed E-state index contributed by atoms with van der Waals surface area (Å²) in [6.45, 7) is 5.75. The van der Waals surface area contributed by atoms with Crippen LogP contribution in [0.5, 0.6) is 5.75 Å². The number of hydrogen-bond acceptors (Lipinski definition) is 3. The molecule has 1 N–H and O–H groups in total. The van der Waals surface area contributed by atoms with Gasteiger partial charge in [0.25, 0.3) is 5.91 Å². The molecule has 1 heterocycles. The molecule has 2 aromatic carbocycles. The van der Waals surface area contributed by atoms with E-state index in [-0.39, 0.29) is 16.4 Å². The summed E-state index contributed by atoms with van der Waals surface area (Å²) in [6, 6.07) is 11.2. The lowest BCUT2D eigenvalue weighted by Crippen LogP contribution is -2.46. The Balaban J connectivity index is 1.96. The molecule has 4 heteroatoms. The molecule has 0 aliphatic carbocycles. The molecule has 110 valence electrons. The maximum absolute atomic E-state index is 12.7. The lowest BCUT2D eigenvalue weighted by atomic mass is 10.0. The first kappa shape index (κ1) is 14.3. The van der Waals surface area contributed by atoms with Gasteiger partial charge in [0.05, 0.1) is 5.56 Å². The van der Waals surface area contributed by atoms with Crippen LogP contribution in [0.2, 0.25) is 0 Å². The molecule has 0 aromatic heterocycles. The van der Waals surface area contributed by atoms with Crippen molar-refractivity contribution >= 4 is 28.4 Å². The van der Waals surface area contributed by atoms with E-state index in [0.717, 1.165) is 23.1 Å².